The molecule has 0 spiro atoms. The molecule has 3 N–H and O–H groups in total. The molecule has 17 heavy (non-hydrogen) atoms. The van der Waals surface area contributed by atoms with E-state index in [4.69, 9.17) is 17.3 Å². The zero-order valence-corrected chi connectivity index (χ0v) is 11.0. The molecule has 0 aliphatic heterocycles. The van der Waals surface area contributed by atoms with E-state index in [9.17, 15) is 0 Å². The molecule has 1 aliphatic rings. The summed E-state index contributed by atoms with van der Waals surface area (Å²) in [5.74, 6) is 0.906. The highest BCUT2D eigenvalue weighted by atomic mass is 35.5. The van der Waals surface area contributed by atoms with Crippen LogP contribution in [0.25, 0.3) is 0 Å². The maximum absolute atomic E-state index is 6.11. The monoisotopic (exact) mass is 252 g/mol. The Morgan fingerprint density at radius 2 is 2.00 bits per heavy atom. The largest absolute Gasteiger partial charge is 0.399 e. The smallest absolute Gasteiger partial charge is 0.0657 e. The molecule has 0 saturated heterocycles. The minimum absolute atomic E-state index is 0.716. The SMILES string of the molecule is Nc1ccc(NCCC2CCCCC2)c(Cl)c1. The number of benzene rings is 1. The fraction of sp³-hybridized carbons (Fsp3) is 0.571. The van der Waals surface area contributed by atoms with E-state index in [2.05, 4.69) is 5.32 Å². The lowest BCUT2D eigenvalue weighted by molar-refractivity contribution is 0.345. The van der Waals surface area contributed by atoms with Crippen LogP contribution < -0.4 is 11.1 Å². The number of halogens is 1. The summed E-state index contributed by atoms with van der Waals surface area (Å²) in [6, 6.07) is 5.64. The molecule has 1 fully saturated rings. The first-order chi connectivity index (χ1) is 8.25. The third kappa shape index (κ3) is 3.81. The number of hydrogen-bond donors (Lipinski definition) is 2. The van der Waals surface area contributed by atoms with Gasteiger partial charge in [-0.3, -0.25) is 0 Å². The van der Waals surface area contributed by atoms with Crippen molar-refractivity contribution < 1.29 is 0 Å². The van der Waals surface area contributed by atoms with Crippen molar-refractivity contribution in [3.05, 3.63) is 23.2 Å². The van der Waals surface area contributed by atoms with E-state index in [0.717, 1.165) is 18.2 Å². The summed E-state index contributed by atoms with van der Waals surface area (Å²) in [5.41, 5.74) is 7.37. The van der Waals surface area contributed by atoms with Crippen molar-refractivity contribution in [2.24, 2.45) is 5.92 Å². The van der Waals surface area contributed by atoms with Gasteiger partial charge in [0.05, 0.1) is 10.7 Å². The second-order valence-corrected chi connectivity index (χ2v) is 5.37. The van der Waals surface area contributed by atoms with Crippen LogP contribution in [-0.4, -0.2) is 6.54 Å². The molecule has 0 bridgehead atoms. The normalized spacial score (nSPS) is 17.0. The van der Waals surface area contributed by atoms with Crippen LogP contribution in [0.1, 0.15) is 38.5 Å². The van der Waals surface area contributed by atoms with Gasteiger partial charge in [0.1, 0.15) is 0 Å². The fourth-order valence-electron chi connectivity index (χ4n) is 2.56. The molecule has 0 aromatic heterocycles. The Labute approximate surface area is 109 Å². The molecular formula is C14H21ClN2. The summed E-state index contributed by atoms with van der Waals surface area (Å²) in [6.07, 6.45) is 8.29. The Kier molecular flexibility index (Phi) is 4.55. The van der Waals surface area contributed by atoms with E-state index in [0.29, 0.717) is 10.7 Å². The van der Waals surface area contributed by atoms with E-state index in [1.54, 1.807) is 6.07 Å². The average Bonchev–Trinajstić information content (AvgIpc) is 2.33. The van der Waals surface area contributed by atoms with Crippen LogP contribution in [0, 0.1) is 5.92 Å². The van der Waals surface area contributed by atoms with Gasteiger partial charge in [-0.15, -0.1) is 0 Å². The predicted octanol–water partition coefficient (Wildman–Crippen LogP) is 4.30. The van der Waals surface area contributed by atoms with Crippen molar-refractivity contribution >= 4 is 23.0 Å². The lowest BCUT2D eigenvalue weighted by Crippen LogP contribution is -2.12. The summed E-state index contributed by atoms with van der Waals surface area (Å²) < 4.78 is 0. The first kappa shape index (κ1) is 12.6. The Morgan fingerprint density at radius 3 is 2.71 bits per heavy atom. The fourth-order valence-corrected chi connectivity index (χ4v) is 2.82. The predicted molar refractivity (Wildman–Crippen MR) is 75.5 cm³/mol. The van der Waals surface area contributed by atoms with Crippen LogP contribution in [0.2, 0.25) is 5.02 Å². The van der Waals surface area contributed by atoms with Crippen LogP contribution >= 0.6 is 11.6 Å². The number of hydrogen-bond acceptors (Lipinski definition) is 2. The van der Waals surface area contributed by atoms with Gasteiger partial charge in [0.15, 0.2) is 0 Å². The number of nitrogen functional groups attached to an aromatic ring is 1. The zero-order valence-electron chi connectivity index (χ0n) is 10.2. The van der Waals surface area contributed by atoms with Gasteiger partial charge in [0.2, 0.25) is 0 Å². The minimum Gasteiger partial charge on any atom is -0.399 e. The van der Waals surface area contributed by atoms with Crippen LogP contribution in [0.4, 0.5) is 11.4 Å². The number of nitrogens with one attached hydrogen (secondary N) is 1. The number of anilines is 2. The second kappa shape index (κ2) is 6.15. The molecule has 3 heteroatoms. The standard InChI is InChI=1S/C14H21ClN2/c15-13-10-12(16)6-7-14(13)17-9-8-11-4-2-1-3-5-11/h6-7,10-11,17H,1-5,8-9,16H2. The van der Waals surface area contributed by atoms with Crippen molar-refractivity contribution in [2.75, 3.05) is 17.6 Å². The van der Waals surface area contributed by atoms with Crippen LogP contribution in [-0.2, 0) is 0 Å². The lowest BCUT2D eigenvalue weighted by Gasteiger charge is -2.21. The summed E-state index contributed by atoms with van der Waals surface area (Å²) >= 11 is 6.11. The Hall–Kier alpha value is -0.890. The highest BCUT2D eigenvalue weighted by Crippen LogP contribution is 2.27. The number of rotatable bonds is 4. The zero-order chi connectivity index (χ0) is 12.1. The van der Waals surface area contributed by atoms with Gasteiger partial charge in [-0.25, -0.2) is 0 Å². The molecule has 1 saturated carbocycles. The van der Waals surface area contributed by atoms with Crippen molar-refractivity contribution in [3.8, 4) is 0 Å². The number of nitrogens with two attached hydrogens (primary N) is 1. The highest BCUT2D eigenvalue weighted by Gasteiger charge is 2.12. The van der Waals surface area contributed by atoms with Gasteiger partial charge in [0.25, 0.3) is 0 Å². The van der Waals surface area contributed by atoms with Crippen molar-refractivity contribution in [1.29, 1.82) is 0 Å². The first-order valence-corrected chi connectivity index (χ1v) is 6.92. The summed E-state index contributed by atoms with van der Waals surface area (Å²) in [6.45, 7) is 1.01. The maximum atomic E-state index is 6.11. The van der Waals surface area contributed by atoms with E-state index in [1.165, 1.54) is 38.5 Å². The Balaban J connectivity index is 1.77. The van der Waals surface area contributed by atoms with Gasteiger partial charge < -0.3 is 11.1 Å². The van der Waals surface area contributed by atoms with E-state index in [-0.39, 0.29) is 0 Å². The van der Waals surface area contributed by atoms with Gasteiger partial charge in [0, 0.05) is 12.2 Å². The lowest BCUT2D eigenvalue weighted by atomic mass is 9.87. The summed E-state index contributed by atoms with van der Waals surface area (Å²) in [4.78, 5) is 0. The van der Waals surface area contributed by atoms with E-state index >= 15 is 0 Å². The van der Waals surface area contributed by atoms with E-state index < -0.39 is 0 Å². The Bertz CT molecular complexity index is 359. The molecule has 0 atom stereocenters. The van der Waals surface area contributed by atoms with Gasteiger partial charge in [-0.2, -0.15) is 0 Å². The van der Waals surface area contributed by atoms with Crippen molar-refractivity contribution in [2.45, 2.75) is 38.5 Å². The third-order valence-electron chi connectivity index (χ3n) is 3.59. The molecule has 2 nitrogen and oxygen atoms in total. The average molecular weight is 253 g/mol. The third-order valence-corrected chi connectivity index (χ3v) is 3.90. The van der Waals surface area contributed by atoms with Gasteiger partial charge in [-0.05, 0) is 30.5 Å². The summed E-state index contributed by atoms with van der Waals surface area (Å²) in [5, 5.41) is 4.12. The first-order valence-electron chi connectivity index (χ1n) is 6.54. The molecule has 0 unspecified atom stereocenters. The maximum Gasteiger partial charge on any atom is 0.0657 e. The molecular weight excluding hydrogens is 232 g/mol. The van der Waals surface area contributed by atoms with Crippen molar-refractivity contribution in [3.63, 3.8) is 0 Å². The second-order valence-electron chi connectivity index (χ2n) is 4.96. The van der Waals surface area contributed by atoms with Gasteiger partial charge >= 0.3 is 0 Å². The minimum atomic E-state index is 0.716. The highest BCUT2D eigenvalue weighted by molar-refractivity contribution is 6.33. The Morgan fingerprint density at radius 1 is 1.24 bits per heavy atom. The van der Waals surface area contributed by atoms with Crippen LogP contribution in [0.5, 0.6) is 0 Å². The quantitative estimate of drug-likeness (QED) is 0.784. The molecule has 2 rings (SSSR count). The summed E-state index contributed by atoms with van der Waals surface area (Å²) in [7, 11) is 0. The van der Waals surface area contributed by atoms with E-state index in [1.807, 2.05) is 12.1 Å². The molecule has 0 radical (unpaired) electrons. The molecule has 0 heterocycles. The molecule has 94 valence electrons. The van der Waals surface area contributed by atoms with Gasteiger partial charge in [-0.1, -0.05) is 43.7 Å². The molecule has 1 aromatic carbocycles. The molecule has 1 aliphatic carbocycles. The topological polar surface area (TPSA) is 38.0 Å². The molecule has 1 aromatic rings. The molecule has 0 amide bonds. The van der Waals surface area contributed by atoms with Crippen molar-refractivity contribution in [1.82, 2.24) is 0 Å². The van der Waals surface area contributed by atoms with Crippen LogP contribution in [0.3, 0.4) is 0 Å². The van der Waals surface area contributed by atoms with Crippen LogP contribution in [0.15, 0.2) is 18.2 Å².